The molecule has 0 fully saturated rings. The monoisotopic (exact) mass is 393 g/mol. The summed E-state index contributed by atoms with van der Waals surface area (Å²) < 4.78 is 26.2. The topological polar surface area (TPSA) is 75.2 Å². The van der Waals surface area contributed by atoms with E-state index >= 15 is 0 Å². The molecule has 7 heteroatoms. The molecule has 0 N–H and O–H groups in total. The van der Waals surface area contributed by atoms with Gasteiger partial charge in [0.2, 0.25) is 0 Å². The molecule has 2 heterocycles. The molecule has 0 aliphatic carbocycles. The van der Waals surface area contributed by atoms with Gasteiger partial charge in [-0.2, -0.15) is 5.26 Å². The first-order chi connectivity index (χ1) is 12.9. The third kappa shape index (κ3) is 2.97. The number of benzene rings is 2. The van der Waals surface area contributed by atoms with Crippen molar-refractivity contribution in [2.45, 2.75) is 21.7 Å². The van der Waals surface area contributed by atoms with Gasteiger partial charge >= 0.3 is 0 Å². The zero-order valence-corrected chi connectivity index (χ0v) is 16.3. The molecule has 4 rings (SSSR count). The van der Waals surface area contributed by atoms with Crippen LogP contribution in [0.15, 0.2) is 69.4 Å². The van der Waals surface area contributed by atoms with E-state index in [2.05, 4.69) is 11.1 Å². The maximum atomic E-state index is 12.2. The fourth-order valence-corrected chi connectivity index (χ4v) is 5.47. The van der Waals surface area contributed by atoms with Gasteiger partial charge in [0.1, 0.15) is 6.07 Å². The van der Waals surface area contributed by atoms with Crippen molar-refractivity contribution < 1.29 is 8.42 Å². The lowest BCUT2D eigenvalue weighted by Gasteiger charge is -2.12. The number of nitrogens with zero attached hydrogens (tertiary/aromatic N) is 3. The number of para-hydroxylation sites is 2. The summed E-state index contributed by atoms with van der Waals surface area (Å²) in [6, 6.07) is 18.7. The molecule has 27 heavy (non-hydrogen) atoms. The van der Waals surface area contributed by atoms with Crippen molar-refractivity contribution in [3.05, 3.63) is 65.7 Å². The van der Waals surface area contributed by atoms with E-state index in [0.29, 0.717) is 16.1 Å². The molecular formula is C20H15N3O2S2. The van der Waals surface area contributed by atoms with Crippen LogP contribution in [0.4, 0.5) is 0 Å². The fraction of sp³-hybridized carbons (Fsp3) is 0.100. The summed E-state index contributed by atoms with van der Waals surface area (Å²) in [6.07, 6.45) is 1.21. The second-order valence-corrected chi connectivity index (χ2v) is 9.28. The Morgan fingerprint density at radius 3 is 2.56 bits per heavy atom. The number of nitriles is 1. The van der Waals surface area contributed by atoms with Crippen LogP contribution < -0.4 is 0 Å². The Labute approximate surface area is 161 Å². The average Bonchev–Trinajstić information content (AvgIpc) is 3.01. The Morgan fingerprint density at radius 1 is 1.11 bits per heavy atom. The van der Waals surface area contributed by atoms with Crippen molar-refractivity contribution in [3.63, 3.8) is 0 Å². The van der Waals surface area contributed by atoms with Crippen molar-refractivity contribution in [2.24, 2.45) is 0 Å². The number of pyridine rings is 1. The summed E-state index contributed by atoms with van der Waals surface area (Å²) in [5, 5.41) is 10.4. The van der Waals surface area contributed by atoms with Crippen LogP contribution in [-0.2, 0) is 9.84 Å². The molecule has 0 aliphatic rings. The number of imidazole rings is 1. The Bertz CT molecular complexity index is 1350. The number of hydrogen-bond acceptors (Lipinski definition) is 5. The minimum atomic E-state index is -3.36. The third-order valence-electron chi connectivity index (χ3n) is 4.31. The van der Waals surface area contributed by atoms with Crippen LogP contribution in [0, 0.1) is 18.3 Å². The van der Waals surface area contributed by atoms with E-state index in [4.69, 9.17) is 0 Å². The molecule has 0 aliphatic heterocycles. The quantitative estimate of drug-likeness (QED) is 0.521. The van der Waals surface area contributed by atoms with Crippen molar-refractivity contribution in [1.82, 2.24) is 9.38 Å². The van der Waals surface area contributed by atoms with Crippen molar-refractivity contribution in [1.29, 1.82) is 5.26 Å². The van der Waals surface area contributed by atoms with Crippen LogP contribution in [0.3, 0.4) is 0 Å². The molecule has 0 unspecified atom stereocenters. The molecule has 2 aromatic carbocycles. The molecule has 5 nitrogen and oxygen atoms in total. The Hall–Kier alpha value is -2.82. The third-order valence-corrected chi connectivity index (χ3v) is 6.68. The Morgan fingerprint density at radius 2 is 1.81 bits per heavy atom. The second-order valence-electron chi connectivity index (χ2n) is 6.23. The number of rotatable bonds is 3. The van der Waals surface area contributed by atoms with Gasteiger partial charge in [-0.05, 0) is 42.8 Å². The Balaban J connectivity index is 2.03. The van der Waals surface area contributed by atoms with Crippen LogP contribution in [0.2, 0.25) is 0 Å². The summed E-state index contributed by atoms with van der Waals surface area (Å²) >= 11 is 1.36. The smallest absolute Gasteiger partial charge is 0.176 e. The predicted octanol–water partition coefficient (Wildman–Crippen LogP) is 4.22. The molecule has 0 spiro atoms. The maximum Gasteiger partial charge on any atom is 0.176 e. The summed E-state index contributed by atoms with van der Waals surface area (Å²) in [4.78, 5) is 5.56. The van der Waals surface area contributed by atoms with Crippen molar-refractivity contribution in [2.75, 3.05) is 6.26 Å². The summed E-state index contributed by atoms with van der Waals surface area (Å²) in [7, 11) is -3.36. The molecule has 0 radical (unpaired) electrons. The molecule has 2 aromatic heterocycles. The van der Waals surface area contributed by atoms with Crippen molar-refractivity contribution in [3.8, 4) is 6.07 Å². The van der Waals surface area contributed by atoms with Gasteiger partial charge in [-0.1, -0.05) is 36.0 Å². The van der Waals surface area contributed by atoms with E-state index in [1.807, 2.05) is 47.7 Å². The normalized spacial score (nSPS) is 11.7. The molecule has 4 aromatic rings. The fourth-order valence-electron chi connectivity index (χ4n) is 3.08. The number of aryl methyl sites for hydroxylation is 1. The molecule has 0 amide bonds. The number of fused-ring (bicyclic) bond motifs is 3. The van der Waals surface area contributed by atoms with Crippen LogP contribution in [0.5, 0.6) is 0 Å². The largest absolute Gasteiger partial charge is 0.285 e. The highest BCUT2D eigenvalue weighted by molar-refractivity contribution is 8.00. The van der Waals surface area contributed by atoms with Crippen molar-refractivity contribution >= 4 is 38.3 Å². The summed E-state index contributed by atoms with van der Waals surface area (Å²) in [5.74, 6) is 0. The SMILES string of the molecule is Cc1cc(Sc2ccccc2S(C)(=O)=O)n2c(nc3ccccc32)c1C#N. The second kappa shape index (κ2) is 6.41. The minimum Gasteiger partial charge on any atom is -0.285 e. The zero-order chi connectivity index (χ0) is 19.2. The van der Waals surface area contributed by atoms with E-state index in [0.717, 1.165) is 21.6 Å². The number of aromatic nitrogens is 2. The van der Waals surface area contributed by atoms with E-state index in [1.54, 1.807) is 18.2 Å². The number of hydrogen-bond donors (Lipinski definition) is 0. The van der Waals surface area contributed by atoms with Gasteiger partial charge in [0.05, 0.1) is 26.5 Å². The Kier molecular flexibility index (Phi) is 4.17. The summed E-state index contributed by atoms with van der Waals surface area (Å²) in [6.45, 7) is 1.87. The molecule has 0 saturated heterocycles. The molecule has 134 valence electrons. The average molecular weight is 393 g/mol. The van der Waals surface area contributed by atoms with E-state index in [9.17, 15) is 13.7 Å². The molecule has 0 atom stereocenters. The highest BCUT2D eigenvalue weighted by atomic mass is 32.2. The first-order valence-electron chi connectivity index (χ1n) is 8.18. The molecule has 0 saturated carbocycles. The standard InChI is InChI=1S/C20H15N3O2S2/c1-13-11-19(26-17-9-5-6-10-18(17)27(2,24)25)23-16-8-4-3-7-15(16)22-20(23)14(13)12-21/h3-11H,1-2H3. The van der Waals surface area contributed by atoms with Gasteiger partial charge in [-0.3, -0.25) is 4.40 Å². The van der Waals surface area contributed by atoms with Crippen LogP contribution in [0.1, 0.15) is 11.1 Å². The maximum absolute atomic E-state index is 12.2. The van der Waals surface area contributed by atoms with Gasteiger partial charge < -0.3 is 0 Å². The first-order valence-corrected chi connectivity index (χ1v) is 10.9. The van der Waals surface area contributed by atoms with Gasteiger partial charge in [0.25, 0.3) is 0 Å². The lowest BCUT2D eigenvalue weighted by molar-refractivity contribution is 0.600. The number of sulfone groups is 1. The van der Waals surface area contributed by atoms with Crippen LogP contribution >= 0.6 is 11.8 Å². The van der Waals surface area contributed by atoms with Crippen LogP contribution in [0.25, 0.3) is 16.7 Å². The zero-order valence-electron chi connectivity index (χ0n) is 14.7. The van der Waals surface area contributed by atoms with Crippen LogP contribution in [-0.4, -0.2) is 24.1 Å². The molecule has 0 bridgehead atoms. The first kappa shape index (κ1) is 17.6. The van der Waals surface area contributed by atoms with Gasteiger partial charge in [-0.15, -0.1) is 0 Å². The highest BCUT2D eigenvalue weighted by Gasteiger charge is 2.18. The highest BCUT2D eigenvalue weighted by Crippen LogP contribution is 2.36. The van der Waals surface area contributed by atoms with E-state index < -0.39 is 9.84 Å². The predicted molar refractivity (Wildman–Crippen MR) is 106 cm³/mol. The minimum absolute atomic E-state index is 0.287. The lowest BCUT2D eigenvalue weighted by atomic mass is 10.2. The molecular weight excluding hydrogens is 378 g/mol. The van der Waals surface area contributed by atoms with E-state index in [1.165, 1.54) is 18.0 Å². The van der Waals surface area contributed by atoms with Gasteiger partial charge in [0.15, 0.2) is 15.5 Å². The van der Waals surface area contributed by atoms with Gasteiger partial charge in [0, 0.05) is 11.2 Å². The van der Waals surface area contributed by atoms with Gasteiger partial charge in [-0.25, -0.2) is 13.4 Å². The van der Waals surface area contributed by atoms with E-state index in [-0.39, 0.29) is 4.90 Å². The summed E-state index contributed by atoms with van der Waals surface area (Å²) in [5.41, 5.74) is 3.57. The lowest BCUT2D eigenvalue weighted by Crippen LogP contribution is -2.00.